The third-order valence-corrected chi connectivity index (χ3v) is 7.81. The highest BCUT2D eigenvalue weighted by molar-refractivity contribution is 7.74. The van der Waals surface area contributed by atoms with Gasteiger partial charge in [-0.25, -0.2) is 0 Å². The Balaban J connectivity index is 0. The van der Waals surface area contributed by atoms with E-state index in [0.29, 0.717) is 5.56 Å². The van der Waals surface area contributed by atoms with Crippen molar-refractivity contribution in [2.24, 2.45) is 0 Å². The summed E-state index contributed by atoms with van der Waals surface area (Å²) in [6, 6.07) is 3.96. The fourth-order valence-corrected chi connectivity index (χ4v) is 3.87. The molecular weight excluding hydrogens is 333 g/mol. The quantitative estimate of drug-likeness (QED) is 0.451. The summed E-state index contributed by atoms with van der Waals surface area (Å²) in [5.41, 5.74) is 1.14. The number of benzene rings is 1. The standard InChI is InChI=1S/C9H13ClO6P2.2H2O/c1-6-3-4-8(5-7(6)2)9(10,17(11,12)13)18(14,15)16;;/h3-5H,1-2H3,(H2,11,12,13)(H2,14,15,16);2*1H2. The van der Waals surface area contributed by atoms with Crippen molar-refractivity contribution in [1.29, 1.82) is 0 Å². The molecule has 1 aromatic rings. The summed E-state index contributed by atoms with van der Waals surface area (Å²) in [7, 11) is -10.5. The van der Waals surface area contributed by atoms with Crippen LogP contribution in [0.4, 0.5) is 0 Å². The zero-order valence-electron chi connectivity index (χ0n) is 10.6. The first-order valence-corrected chi connectivity index (χ1v) is 8.39. The molecular formula is C9H17ClO8P2. The van der Waals surface area contributed by atoms with Crippen LogP contribution in [0.3, 0.4) is 0 Å². The highest BCUT2D eigenvalue weighted by Gasteiger charge is 2.60. The molecule has 0 aliphatic carbocycles. The van der Waals surface area contributed by atoms with Gasteiger partial charge in [0.1, 0.15) is 0 Å². The monoisotopic (exact) mass is 350 g/mol. The number of halogens is 1. The lowest BCUT2D eigenvalue weighted by Crippen LogP contribution is -2.19. The second-order valence-electron chi connectivity index (χ2n) is 3.97. The topological polar surface area (TPSA) is 178 Å². The van der Waals surface area contributed by atoms with Crippen LogP contribution in [-0.2, 0) is 13.5 Å². The zero-order valence-corrected chi connectivity index (χ0v) is 13.2. The Labute approximate surface area is 120 Å². The summed E-state index contributed by atoms with van der Waals surface area (Å²) in [5.74, 6) is 0. The van der Waals surface area contributed by atoms with E-state index < -0.39 is 19.5 Å². The van der Waals surface area contributed by atoms with Gasteiger partial charge < -0.3 is 30.5 Å². The van der Waals surface area contributed by atoms with Crippen LogP contribution in [0.5, 0.6) is 0 Å². The van der Waals surface area contributed by atoms with E-state index in [2.05, 4.69) is 0 Å². The average Bonchev–Trinajstić information content (AvgIpc) is 2.17. The van der Waals surface area contributed by atoms with Crippen LogP contribution >= 0.6 is 26.8 Å². The third-order valence-electron chi connectivity index (χ3n) is 2.65. The van der Waals surface area contributed by atoms with Gasteiger partial charge in [-0.3, -0.25) is 9.13 Å². The molecule has 8 N–H and O–H groups in total. The highest BCUT2D eigenvalue weighted by Crippen LogP contribution is 2.76. The molecule has 1 rings (SSSR count). The van der Waals surface area contributed by atoms with Gasteiger partial charge in [0, 0.05) is 0 Å². The summed E-state index contributed by atoms with van der Waals surface area (Å²) in [6.45, 7) is 3.40. The molecule has 0 saturated carbocycles. The molecule has 118 valence electrons. The Hall–Kier alpha value is -0.270. The second kappa shape index (κ2) is 6.66. The molecule has 0 bridgehead atoms. The van der Waals surface area contributed by atoms with Crippen LogP contribution in [0, 0.1) is 13.8 Å². The summed E-state index contributed by atoms with van der Waals surface area (Å²) in [5, 5.41) is 0. The molecule has 0 unspecified atom stereocenters. The molecule has 8 nitrogen and oxygen atoms in total. The first kappa shape index (κ1) is 22.0. The Morgan fingerprint density at radius 1 is 0.950 bits per heavy atom. The normalized spacial score (nSPS) is 12.3. The Bertz CT molecular complexity index is 541. The number of hydrogen-bond acceptors (Lipinski definition) is 2. The number of aryl methyl sites for hydroxylation is 2. The lowest BCUT2D eigenvalue weighted by Gasteiger charge is -2.29. The van der Waals surface area contributed by atoms with Crippen LogP contribution in [0.2, 0.25) is 0 Å². The molecule has 0 radical (unpaired) electrons. The van der Waals surface area contributed by atoms with E-state index in [0.717, 1.165) is 5.56 Å². The molecule has 20 heavy (non-hydrogen) atoms. The van der Waals surface area contributed by atoms with Gasteiger partial charge >= 0.3 is 15.2 Å². The minimum atomic E-state index is -5.26. The van der Waals surface area contributed by atoms with Gasteiger partial charge in [-0.05, 0) is 30.5 Å². The van der Waals surface area contributed by atoms with Crippen molar-refractivity contribution in [2.75, 3.05) is 0 Å². The van der Waals surface area contributed by atoms with Gasteiger partial charge in [0.2, 0.25) is 0 Å². The molecule has 0 fully saturated rings. The first-order valence-electron chi connectivity index (χ1n) is 4.79. The van der Waals surface area contributed by atoms with Crippen molar-refractivity contribution in [2.45, 2.75) is 18.2 Å². The van der Waals surface area contributed by atoms with Gasteiger partial charge in [0.15, 0.2) is 0 Å². The maximum atomic E-state index is 11.4. The number of alkyl halides is 1. The minimum Gasteiger partial charge on any atom is -0.412 e. The van der Waals surface area contributed by atoms with Crippen molar-refractivity contribution in [3.8, 4) is 0 Å². The van der Waals surface area contributed by atoms with Crippen molar-refractivity contribution in [3.05, 3.63) is 34.9 Å². The van der Waals surface area contributed by atoms with E-state index in [1.54, 1.807) is 13.8 Å². The van der Waals surface area contributed by atoms with Crippen LogP contribution in [0.25, 0.3) is 0 Å². The lowest BCUT2D eigenvalue weighted by molar-refractivity contribution is 0.331. The number of hydrogen-bond donors (Lipinski definition) is 4. The third kappa shape index (κ3) is 3.68. The van der Waals surface area contributed by atoms with Crippen molar-refractivity contribution < 1.29 is 39.7 Å². The summed E-state index contributed by atoms with van der Waals surface area (Å²) < 4.78 is 19.7. The minimum absolute atomic E-state index is 0. The van der Waals surface area contributed by atoms with E-state index >= 15 is 0 Å². The van der Waals surface area contributed by atoms with Gasteiger partial charge in [-0.2, -0.15) is 0 Å². The Morgan fingerprint density at radius 3 is 1.65 bits per heavy atom. The molecule has 0 aliphatic rings. The van der Waals surface area contributed by atoms with E-state index in [1.807, 2.05) is 0 Å². The maximum absolute atomic E-state index is 11.4. The van der Waals surface area contributed by atoms with Crippen LogP contribution in [0.1, 0.15) is 16.7 Å². The maximum Gasteiger partial charge on any atom is 0.363 e. The Kier molecular flexibility index (Phi) is 7.33. The van der Waals surface area contributed by atoms with Crippen molar-refractivity contribution in [1.82, 2.24) is 0 Å². The first-order chi connectivity index (χ1) is 7.91. The van der Waals surface area contributed by atoms with Crippen LogP contribution in [0.15, 0.2) is 18.2 Å². The van der Waals surface area contributed by atoms with E-state index in [1.165, 1.54) is 18.2 Å². The highest BCUT2D eigenvalue weighted by atomic mass is 35.5. The average molecular weight is 351 g/mol. The predicted molar refractivity (Wildman–Crippen MR) is 74.8 cm³/mol. The largest absolute Gasteiger partial charge is 0.412 e. The summed E-state index contributed by atoms with van der Waals surface area (Å²) >= 11 is 5.61. The molecule has 11 heteroatoms. The van der Waals surface area contributed by atoms with Crippen LogP contribution < -0.4 is 0 Å². The van der Waals surface area contributed by atoms with Crippen LogP contribution in [-0.4, -0.2) is 30.5 Å². The molecule has 0 spiro atoms. The summed E-state index contributed by atoms with van der Waals surface area (Å²) in [6.07, 6.45) is 0. The molecule has 1 aromatic carbocycles. The number of rotatable bonds is 3. The fourth-order valence-electron chi connectivity index (χ4n) is 1.45. The second-order valence-corrected chi connectivity index (χ2v) is 8.94. The summed E-state index contributed by atoms with van der Waals surface area (Å²) in [4.78, 5) is 36.7. The SMILES string of the molecule is Cc1ccc(C(Cl)(P(=O)(O)O)P(=O)(O)O)cc1C.O.O. The molecule has 0 saturated heterocycles. The van der Waals surface area contributed by atoms with Crippen molar-refractivity contribution >= 4 is 26.8 Å². The van der Waals surface area contributed by atoms with Gasteiger partial charge in [-0.15, -0.1) is 0 Å². The smallest absolute Gasteiger partial charge is 0.363 e. The van der Waals surface area contributed by atoms with Gasteiger partial charge in [-0.1, -0.05) is 29.8 Å². The zero-order chi connectivity index (χ0) is 14.4. The molecule has 0 heterocycles. The lowest BCUT2D eigenvalue weighted by atomic mass is 10.1. The van der Waals surface area contributed by atoms with E-state index in [9.17, 15) is 28.7 Å². The molecule has 0 aliphatic heterocycles. The Morgan fingerprint density at radius 2 is 1.35 bits per heavy atom. The molecule has 0 amide bonds. The van der Waals surface area contributed by atoms with Gasteiger partial charge in [0.25, 0.3) is 4.36 Å². The van der Waals surface area contributed by atoms with Gasteiger partial charge in [0.05, 0.1) is 0 Å². The van der Waals surface area contributed by atoms with Crippen molar-refractivity contribution in [3.63, 3.8) is 0 Å². The van der Waals surface area contributed by atoms with E-state index in [4.69, 9.17) is 11.6 Å². The molecule has 0 aromatic heterocycles. The predicted octanol–water partition coefficient (Wildman–Crippen LogP) is 0.359. The fraction of sp³-hybridized carbons (Fsp3) is 0.333. The molecule has 0 atom stereocenters. The van der Waals surface area contributed by atoms with E-state index in [-0.39, 0.29) is 16.5 Å².